The molecule has 14 atom stereocenters. The number of anilines is 1. The third kappa shape index (κ3) is 18.3. The van der Waals surface area contributed by atoms with Gasteiger partial charge in [-0.25, -0.2) is 0 Å². The van der Waals surface area contributed by atoms with Crippen molar-refractivity contribution >= 4 is 110 Å². The van der Waals surface area contributed by atoms with Gasteiger partial charge in [-0.15, -0.1) is 0 Å². The Labute approximate surface area is 552 Å². The number of aromatic amines is 1. The summed E-state index contributed by atoms with van der Waals surface area (Å²) in [5.74, 6) is -16.4. The quantitative estimate of drug-likeness (QED) is 0.0392. The fourth-order valence-electron chi connectivity index (χ4n) is 11.1. The maximum atomic E-state index is 15.2. The zero-order chi connectivity index (χ0) is 70.6. The van der Waals surface area contributed by atoms with Crippen molar-refractivity contribution in [1.29, 1.82) is 0 Å². The van der Waals surface area contributed by atoms with Crippen molar-refractivity contribution in [3.05, 3.63) is 65.7 Å². The maximum absolute atomic E-state index is 15.2. The van der Waals surface area contributed by atoms with Gasteiger partial charge in [0.1, 0.15) is 66.4 Å². The van der Waals surface area contributed by atoms with Crippen LogP contribution in [-0.2, 0) is 91.3 Å². The highest BCUT2D eigenvalue weighted by molar-refractivity contribution is 7.91. The minimum Gasteiger partial charge on any atom is -0.610 e. The highest BCUT2D eigenvalue weighted by Gasteiger charge is 2.46. The maximum Gasteiger partial charge on any atom is 0.254 e. The van der Waals surface area contributed by atoms with Gasteiger partial charge in [-0.05, 0) is 48.6 Å². The molecular formula is C61H81N15O19S. The van der Waals surface area contributed by atoms with Crippen LogP contribution in [-0.4, -0.2) is 222 Å². The number of primary amides is 1. The van der Waals surface area contributed by atoms with Gasteiger partial charge in [0.25, 0.3) is 11.8 Å². The zero-order valence-corrected chi connectivity index (χ0v) is 54.2. The Morgan fingerprint density at radius 2 is 1.43 bits per heavy atom. The normalized spacial score (nSPS) is 24.5. The predicted octanol–water partition coefficient (Wildman–Crippen LogP) is -6.21. The minimum absolute atomic E-state index is 0.0417. The first-order valence-corrected chi connectivity index (χ1v) is 32.3. The molecule has 2 bridgehead atoms. The molecule has 7 rings (SSSR count). The number of aliphatic hydroxyl groups is 3. The van der Waals surface area contributed by atoms with E-state index in [-0.39, 0.29) is 33.8 Å². The number of aromatic nitrogens is 1. The highest BCUT2D eigenvalue weighted by atomic mass is 32.2. The molecule has 0 saturated carbocycles. The summed E-state index contributed by atoms with van der Waals surface area (Å²) in [6.07, 6.45) is -2.74. The number of aliphatic hydroxyl groups excluding tert-OH is 3. The number of hydrogen-bond donors (Lipinski definition) is 16. The predicted molar refractivity (Wildman–Crippen MR) is 338 cm³/mol. The van der Waals surface area contributed by atoms with E-state index in [1.54, 1.807) is 52.0 Å². The molecule has 0 aliphatic carbocycles. The zero-order valence-electron chi connectivity index (χ0n) is 53.4. The highest BCUT2D eigenvalue weighted by Crippen LogP contribution is 2.32. The molecule has 35 heteroatoms. The molecule has 0 radical (unpaired) electrons. The average molecular weight is 1360 g/mol. The molecule has 520 valence electrons. The number of rotatable bonds is 19. The number of hydrogen-bond acceptors (Lipinski definition) is 20. The summed E-state index contributed by atoms with van der Waals surface area (Å²) in [5.41, 5.74) is 12.4. The smallest absolute Gasteiger partial charge is 0.254 e. The number of benzene rings is 2. The third-order valence-corrected chi connectivity index (χ3v) is 18.3. The van der Waals surface area contributed by atoms with Crippen LogP contribution in [0.15, 0.2) is 59.6 Å². The standard InChI is InChI=1S/C61H81N15O19S/c1-7-28(4)50-57(90)65-21-45(81)68-40-26-96(94)60-36(18-38(53(86)64-22-46(82)72-50)69-59(92)51(29(5)43(79)24-77)74-55(88)41-16-33(78)23-75(41)61(93)39(19-44(63)80)70-54(40)87)35-13-12-34(17-37(35)71-60)95-25-31-8-10-32(11-9-31)67-52(85)30(6)66-58(91)49(27(2)3)73-56(89)42(20-62)76-47(83)14-15-48(76)84/h8-15,17,27-30,33,38-43,49-51,71,77-79H,7,16,18-26,62H2,1-6H3,(H2,63,80)(H,64,86)(H,65,90)(H,66,91)(H,67,85)(H,68,81)(H,69,92)(H,70,87)(H,72,82)(H,73,89)(H,74,88)/t28-,29-,30-,33+,38?,39-,40?,41-,42-,43-,49-,50-,51-,96?/m0/s1. The molecule has 0 spiro atoms. The van der Waals surface area contributed by atoms with Crippen LogP contribution in [0.4, 0.5) is 5.69 Å². The molecule has 4 aliphatic heterocycles. The lowest BCUT2D eigenvalue weighted by Gasteiger charge is -2.32. The Morgan fingerprint density at radius 3 is 2.05 bits per heavy atom. The molecule has 3 unspecified atom stereocenters. The van der Waals surface area contributed by atoms with Crippen molar-refractivity contribution in [3.8, 4) is 5.75 Å². The first-order chi connectivity index (χ1) is 45.4. The van der Waals surface area contributed by atoms with Crippen LogP contribution in [0.3, 0.4) is 0 Å². The second-order valence-corrected chi connectivity index (χ2v) is 25.6. The molecule has 14 amide bonds. The van der Waals surface area contributed by atoms with Crippen molar-refractivity contribution in [2.75, 3.05) is 43.9 Å². The number of amides is 14. The molecule has 1 aromatic heterocycles. The Morgan fingerprint density at radius 1 is 0.771 bits per heavy atom. The summed E-state index contributed by atoms with van der Waals surface area (Å²) in [6.45, 7) is 5.68. The largest absolute Gasteiger partial charge is 0.610 e. The van der Waals surface area contributed by atoms with E-state index in [2.05, 4.69) is 58.2 Å². The van der Waals surface area contributed by atoms with Gasteiger partial charge in [-0.3, -0.25) is 72.0 Å². The van der Waals surface area contributed by atoms with Crippen LogP contribution in [0.5, 0.6) is 5.75 Å². The summed E-state index contributed by atoms with van der Waals surface area (Å²) in [5, 5.41) is 57.0. The van der Waals surface area contributed by atoms with Crippen LogP contribution < -0.4 is 69.4 Å². The molecule has 4 aliphatic rings. The summed E-state index contributed by atoms with van der Waals surface area (Å²) in [4.78, 5) is 196. The van der Waals surface area contributed by atoms with Crippen molar-refractivity contribution in [2.45, 2.75) is 145 Å². The molecule has 96 heavy (non-hydrogen) atoms. The van der Waals surface area contributed by atoms with Gasteiger partial charge in [0.15, 0.2) is 6.04 Å². The van der Waals surface area contributed by atoms with Gasteiger partial charge in [-0.1, -0.05) is 53.2 Å². The first kappa shape index (κ1) is 73.9. The van der Waals surface area contributed by atoms with Crippen molar-refractivity contribution in [3.63, 3.8) is 0 Å². The second kappa shape index (κ2) is 32.7. The molecule has 2 aromatic carbocycles. The average Bonchev–Trinajstić information content (AvgIpc) is 1.64. The van der Waals surface area contributed by atoms with E-state index >= 15 is 4.55 Å². The molecule has 3 aromatic rings. The van der Waals surface area contributed by atoms with Gasteiger partial charge in [0.2, 0.25) is 75.9 Å². The van der Waals surface area contributed by atoms with Gasteiger partial charge in [-0.2, -0.15) is 0 Å². The molecule has 18 N–H and O–H groups in total. The van der Waals surface area contributed by atoms with Gasteiger partial charge in [0, 0.05) is 77.9 Å². The second-order valence-electron chi connectivity index (χ2n) is 24.2. The number of ether oxygens (including phenoxy) is 1. The molecular weight excluding hydrogens is 1280 g/mol. The number of carbonyl (C=O) groups is 14. The topological polar surface area (TPSA) is 527 Å². The van der Waals surface area contributed by atoms with E-state index in [0.29, 0.717) is 22.6 Å². The first-order valence-electron chi connectivity index (χ1n) is 31.0. The Kier molecular flexibility index (Phi) is 25.2. The fourth-order valence-corrected chi connectivity index (χ4v) is 12.5. The number of imide groups is 1. The summed E-state index contributed by atoms with van der Waals surface area (Å²) in [7, 11) is 0. The van der Waals surface area contributed by atoms with E-state index in [1.165, 1.54) is 32.0 Å². The lowest BCUT2D eigenvalue weighted by molar-refractivity contribution is -0.145. The number of nitrogens with zero attached hydrogens (tertiary/aromatic N) is 2. The van der Waals surface area contributed by atoms with E-state index in [1.807, 2.05) is 0 Å². The monoisotopic (exact) mass is 1360 g/mol. The summed E-state index contributed by atoms with van der Waals surface area (Å²) in [6, 6.07) is -3.25. The van der Waals surface area contributed by atoms with Gasteiger partial charge in [0.05, 0.1) is 43.8 Å². The Balaban J connectivity index is 1.20. The van der Waals surface area contributed by atoms with Crippen LogP contribution in [0.1, 0.15) is 71.9 Å². The van der Waals surface area contributed by atoms with Crippen LogP contribution in [0.2, 0.25) is 0 Å². The summed E-state index contributed by atoms with van der Waals surface area (Å²) >= 11 is -2.49. The van der Waals surface area contributed by atoms with Crippen molar-refractivity contribution in [1.82, 2.24) is 62.6 Å². The Hall–Kier alpha value is -9.55. The van der Waals surface area contributed by atoms with E-state index in [9.17, 15) is 82.4 Å². The van der Waals surface area contributed by atoms with Crippen LogP contribution >= 0.6 is 0 Å². The van der Waals surface area contributed by atoms with Crippen LogP contribution in [0, 0.1) is 17.8 Å². The van der Waals surface area contributed by atoms with E-state index < -0.39 is 236 Å². The SMILES string of the molecule is CC[C@H](C)[C@@H]1NC(=O)CNC(=O)C2Cc3c([nH]c4cc(OCc5ccc(NC(=O)[C@H](C)NC(=O)[C@@H](NC(=O)[C@H](CN)N6C(=O)C=CC6=O)C(C)C)cc5)ccc34)[S+]([O-])CC(NC(=O)CNC1=O)C(=O)N[C@@H](CC(N)=O)C(=O)N1C[C@H](O)C[C@H]1C(=O)N[C@@H]([C@@H](C)[C@@H](O)CO)C(=O)N2. The number of nitrogens with one attached hydrogen (secondary N) is 11. The number of carbonyl (C=O) groups excluding carboxylic acids is 14. The lowest BCUT2D eigenvalue weighted by Crippen LogP contribution is -2.62. The van der Waals surface area contributed by atoms with Crippen molar-refractivity contribution in [2.24, 2.45) is 29.2 Å². The van der Waals surface area contributed by atoms with E-state index in [0.717, 1.165) is 17.1 Å². The van der Waals surface area contributed by atoms with Gasteiger partial charge < -0.3 is 99.1 Å². The Bertz CT molecular complexity index is 3510. The number of fused-ring (bicyclic) bond motifs is 5. The molecule has 5 heterocycles. The van der Waals surface area contributed by atoms with Crippen LogP contribution in [0.25, 0.3) is 10.9 Å². The molecule has 1 saturated heterocycles. The van der Waals surface area contributed by atoms with Gasteiger partial charge >= 0.3 is 0 Å². The van der Waals surface area contributed by atoms with E-state index in [4.69, 9.17) is 16.2 Å². The lowest BCUT2D eigenvalue weighted by atomic mass is 9.93. The fraction of sp³-hybridized carbons (Fsp3) is 0.508. The molecule has 1 fully saturated rings. The number of nitrogens with two attached hydrogens (primary N) is 2. The summed E-state index contributed by atoms with van der Waals surface area (Å²) < 4.78 is 21.3. The van der Waals surface area contributed by atoms with Crippen molar-refractivity contribution < 1.29 is 91.7 Å². The number of H-pyrrole nitrogens is 1. The minimum atomic E-state index is -2.49. The molecule has 34 nitrogen and oxygen atoms in total. The third-order valence-electron chi connectivity index (χ3n) is 16.8.